The van der Waals surface area contributed by atoms with Crippen LogP contribution in [0.25, 0.3) is 28.1 Å². The normalized spacial score (nSPS) is 11.6. The molecule has 0 aliphatic carbocycles. The number of aromatic nitrogens is 3. The van der Waals surface area contributed by atoms with Gasteiger partial charge in [-0.3, -0.25) is 4.40 Å². The van der Waals surface area contributed by atoms with Crippen molar-refractivity contribution in [2.24, 2.45) is 0 Å². The van der Waals surface area contributed by atoms with E-state index < -0.39 is 0 Å². The summed E-state index contributed by atoms with van der Waals surface area (Å²) in [4.78, 5) is 4.83. The lowest BCUT2D eigenvalue weighted by Gasteiger charge is -2.08. The number of benzene rings is 2. The highest BCUT2D eigenvalue weighted by atomic mass is 79.9. The van der Waals surface area contributed by atoms with Crippen LogP contribution in [0, 0.1) is 0 Å². The van der Waals surface area contributed by atoms with Crippen molar-refractivity contribution in [3.05, 3.63) is 59.2 Å². The summed E-state index contributed by atoms with van der Waals surface area (Å²) >= 11 is 7.05. The van der Waals surface area contributed by atoms with Crippen LogP contribution >= 0.6 is 31.9 Å². The number of aryl methyl sites for hydroxylation is 1. The van der Waals surface area contributed by atoms with Gasteiger partial charge in [-0.2, -0.15) is 0 Å². The molecule has 0 bridgehead atoms. The van der Waals surface area contributed by atoms with Crippen LogP contribution < -0.4 is 0 Å². The van der Waals surface area contributed by atoms with E-state index in [-0.39, 0.29) is 0 Å². The van der Waals surface area contributed by atoms with Crippen LogP contribution in [-0.4, -0.2) is 19.3 Å². The van der Waals surface area contributed by atoms with Crippen LogP contribution in [0.5, 0.6) is 0 Å². The molecule has 0 aliphatic heterocycles. The van der Waals surface area contributed by atoms with Gasteiger partial charge in [0, 0.05) is 22.5 Å². The summed E-state index contributed by atoms with van der Waals surface area (Å²) < 4.78 is 5.60. The molecular formula is C18H15Br2N3. The minimum absolute atomic E-state index is 0.941. The molecule has 23 heavy (non-hydrogen) atoms. The first-order valence-electron chi connectivity index (χ1n) is 7.56. The lowest BCUT2D eigenvalue weighted by Crippen LogP contribution is -2.01. The topological polar surface area (TPSA) is 22.2 Å². The number of fused-ring (bicyclic) bond motifs is 3. The van der Waals surface area contributed by atoms with Gasteiger partial charge in [0.2, 0.25) is 5.78 Å². The van der Waals surface area contributed by atoms with Gasteiger partial charge in [-0.15, -0.1) is 0 Å². The van der Waals surface area contributed by atoms with E-state index >= 15 is 0 Å². The number of imidazole rings is 2. The maximum absolute atomic E-state index is 4.83. The Balaban J connectivity index is 1.96. The lowest BCUT2D eigenvalue weighted by molar-refractivity contribution is 0.708. The van der Waals surface area contributed by atoms with Gasteiger partial charge in [-0.05, 0) is 36.2 Å². The van der Waals surface area contributed by atoms with E-state index in [1.807, 2.05) is 6.07 Å². The number of alkyl halides is 1. The van der Waals surface area contributed by atoms with E-state index in [2.05, 4.69) is 89.5 Å². The minimum atomic E-state index is 0.941. The van der Waals surface area contributed by atoms with Crippen LogP contribution in [0.1, 0.15) is 6.42 Å². The molecule has 0 saturated carbocycles. The molecule has 2 aromatic carbocycles. The van der Waals surface area contributed by atoms with Crippen molar-refractivity contribution in [1.29, 1.82) is 0 Å². The fourth-order valence-corrected chi connectivity index (χ4v) is 3.45. The molecule has 2 aromatic heterocycles. The van der Waals surface area contributed by atoms with E-state index in [9.17, 15) is 0 Å². The molecule has 0 fully saturated rings. The van der Waals surface area contributed by atoms with E-state index in [0.717, 1.165) is 39.6 Å². The molecule has 0 atom stereocenters. The standard InChI is InChI=1S/C18H15Br2N3/c19-10-3-11-22-17(13-6-8-14(20)9-7-13)12-23-16-5-2-1-4-15(16)21-18(22)23/h1-2,4-9,12H,3,10-11H2. The van der Waals surface area contributed by atoms with Gasteiger partial charge in [-0.25, -0.2) is 4.98 Å². The Labute approximate surface area is 151 Å². The minimum Gasteiger partial charge on any atom is -0.310 e. The zero-order chi connectivity index (χ0) is 15.8. The third-order valence-electron chi connectivity index (χ3n) is 4.02. The molecule has 0 spiro atoms. The second-order valence-corrected chi connectivity index (χ2v) is 7.19. The Morgan fingerprint density at radius 1 is 1.00 bits per heavy atom. The molecule has 0 N–H and O–H groups in total. The summed E-state index contributed by atoms with van der Waals surface area (Å²) in [7, 11) is 0. The maximum atomic E-state index is 4.83. The summed E-state index contributed by atoms with van der Waals surface area (Å²) in [6.45, 7) is 0.941. The number of hydrogen-bond acceptors (Lipinski definition) is 1. The van der Waals surface area contributed by atoms with Crippen molar-refractivity contribution in [3.8, 4) is 11.3 Å². The molecule has 0 amide bonds. The van der Waals surface area contributed by atoms with Crippen molar-refractivity contribution in [1.82, 2.24) is 14.0 Å². The molecule has 3 nitrogen and oxygen atoms in total. The molecular weight excluding hydrogens is 418 g/mol. The quantitative estimate of drug-likeness (QED) is 0.390. The molecule has 0 aliphatic rings. The summed E-state index contributed by atoms with van der Waals surface area (Å²) in [5.41, 5.74) is 4.60. The number of hydrogen-bond donors (Lipinski definition) is 0. The Bertz CT molecular complexity index is 967. The first kappa shape index (κ1) is 15.0. The van der Waals surface area contributed by atoms with Crippen LogP contribution in [0.4, 0.5) is 0 Å². The third-order valence-corrected chi connectivity index (χ3v) is 5.11. The van der Waals surface area contributed by atoms with Gasteiger partial charge < -0.3 is 4.57 Å². The molecule has 4 aromatic rings. The zero-order valence-electron chi connectivity index (χ0n) is 12.4. The summed E-state index contributed by atoms with van der Waals surface area (Å²) in [5, 5.41) is 0.983. The lowest BCUT2D eigenvalue weighted by atomic mass is 10.1. The van der Waals surface area contributed by atoms with E-state index in [1.54, 1.807) is 0 Å². The van der Waals surface area contributed by atoms with Crippen molar-refractivity contribution >= 4 is 48.7 Å². The number of rotatable bonds is 4. The highest BCUT2D eigenvalue weighted by molar-refractivity contribution is 9.10. The third kappa shape index (κ3) is 2.62. The predicted molar refractivity (Wildman–Crippen MR) is 102 cm³/mol. The van der Waals surface area contributed by atoms with Gasteiger partial charge in [-0.1, -0.05) is 56.1 Å². The second-order valence-electron chi connectivity index (χ2n) is 5.49. The maximum Gasteiger partial charge on any atom is 0.215 e. The summed E-state index contributed by atoms with van der Waals surface area (Å²) in [6, 6.07) is 16.7. The Kier molecular flexibility index (Phi) is 3.99. The SMILES string of the molecule is BrCCCn1c(-c2ccc(Br)cc2)cn2c3ccccc3nc12. The first-order chi connectivity index (χ1) is 11.3. The van der Waals surface area contributed by atoms with Crippen LogP contribution in [0.2, 0.25) is 0 Å². The molecule has 0 radical (unpaired) electrons. The molecule has 4 rings (SSSR count). The smallest absolute Gasteiger partial charge is 0.215 e. The Hall–Kier alpha value is -1.59. The van der Waals surface area contributed by atoms with Gasteiger partial charge >= 0.3 is 0 Å². The number of nitrogens with zero attached hydrogens (tertiary/aromatic N) is 3. The van der Waals surface area contributed by atoms with Crippen molar-refractivity contribution < 1.29 is 0 Å². The number of halogens is 2. The summed E-state index contributed by atoms with van der Waals surface area (Å²) in [5.74, 6) is 1.00. The molecule has 2 heterocycles. The highest BCUT2D eigenvalue weighted by Gasteiger charge is 2.14. The van der Waals surface area contributed by atoms with E-state index in [0.29, 0.717) is 0 Å². The molecule has 116 valence electrons. The fourth-order valence-electron chi connectivity index (χ4n) is 2.94. The predicted octanol–water partition coefficient (Wildman–Crippen LogP) is 5.50. The van der Waals surface area contributed by atoms with Crippen LogP contribution in [0.15, 0.2) is 59.2 Å². The average molecular weight is 433 g/mol. The highest BCUT2D eigenvalue weighted by Crippen LogP contribution is 2.28. The number of para-hydroxylation sites is 2. The van der Waals surface area contributed by atoms with E-state index in [1.165, 1.54) is 11.3 Å². The first-order valence-corrected chi connectivity index (χ1v) is 9.47. The monoisotopic (exact) mass is 431 g/mol. The second kappa shape index (κ2) is 6.13. The van der Waals surface area contributed by atoms with Crippen molar-refractivity contribution in [2.75, 3.05) is 5.33 Å². The van der Waals surface area contributed by atoms with E-state index in [4.69, 9.17) is 4.98 Å². The molecule has 0 unspecified atom stereocenters. The van der Waals surface area contributed by atoms with Crippen LogP contribution in [-0.2, 0) is 6.54 Å². The zero-order valence-corrected chi connectivity index (χ0v) is 15.6. The summed E-state index contributed by atoms with van der Waals surface area (Å²) in [6.07, 6.45) is 3.26. The van der Waals surface area contributed by atoms with Crippen molar-refractivity contribution in [2.45, 2.75) is 13.0 Å². The van der Waals surface area contributed by atoms with Crippen molar-refractivity contribution in [3.63, 3.8) is 0 Å². The average Bonchev–Trinajstić information content (AvgIpc) is 3.10. The van der Waals surface area contributed by atoms with Gasteiger partial charge in [0.1, 0.15) is 0 Å². The fraction of sp³-hybridized carbons (Fsp3) is 0.167. The van der Waals surface area contributed by atoms with Gasteiger partial charge in [0.15, 0.2) is 0 Å². The molecule has 5 heteroatoms. The Morgan fingerprint density at radius 2 is 1.78 bits per heavy atom. The molecule has 0 saturated heterocycles. The Morgan fingerprint density at radius 3 is 2.57 bits per heavy atom. The van der Waals surface area contributed by atoms with Gasteiger partial charge in [0.25, 0.3) is 0 Å². The largest absolute Gasteiger partial charge is 0.310 e. The van der Waals surface area contributed by atoms with Gasteiger partial charge in [0.05, 0.1) is 16.7 Å². The van der Waals surface area contributed by atoms with Crippen LogP contribution in [0.3, 0.4) is 0 Å².